The molecule has 1 aromatic heterocycles. The summed E-state index contributed by atoms with van der Waals surface area (Å²) in [5.74, 6) is -0.317. The fourth-order valence-corrected chi connectivity index (χ4v) is 1.08. The van der Waals surface area contributed by atoms with Gasteiger partial charge < -0.3 is 5.73 Å². The number of nitrogens with two attached hydrogens (primary N) is 1. The molecule has 1 rings (SSSR count). The average Bonchev–Trinajstić information content (AvgIpc) is 2.03. The van der Waals surface area contributed by atoms with Gasteiger partial charge in [0.25, 0.3) is 0 Å². The maximum Gasteiger partial charge on any atom is 0.217 e. The number of amides is 1. The number of carbonyl (C=O) groups is 1. The van der Waals surface area contributed by atoms with E-state index < -0.39 is 0 Å². The Morgan fingerprint density at radius 3 is 3.00 bits per heavy atom. The summed E-state index contributed by atoms with van der Waals surface area (Å²) in [5.41, 5.74) is 5.90. The van der Waals surface area contributed by atoms with Crippen molar-refractivity contribution in [1.82, 2.24) is 4.98 Å². The molecule has 64 valence electrons. The lowest BCUT2D eigenvalue weighted by Gasteiger charge is -1.99. The molecule has 0 radical (unpaired) electrons. The first kappa shape index (κ1) is 9.00. The van der Waals surface area contributed by atoms with E-state index in [0.717, 1.165) is 5.56 Å². The highest BCUT2D eigenvalue weighted by Gasteiger charge is 2.00. The smallest absolute Gasteiger partial charge is 0.217 e. The van der Waals surface area contributed by atoms with Crippen molar-refractivity contribution in [2.75, 3.05) is 0 Å². The number of nitrogens with zero attached hydrogens (tertiary/aromatic N) is 1. The zero-order valence-electron chi connectivity index (χ0n) is 6.46. The van der Waals surface area contributed by atoms with E-state index in [1.165, 1.54) is 0 Å². The molecule has 0 atom stereocenters. The van der Waals surface area contributed by atoms with E-state index in [9.17, 15) is 4.79 Å². The van der Waals surface area contributed by atoms with Gasteiger partial charge in [0.15, 0.2) is 0 Å². The molecule has 0 aromatic carbocycles. The quantitative estimate of drug-likeness (QED) is 0.766. The SMILES string of the molecule is NC(=O)CCc1ccncc1Cl. The van der Waals surface area contributed by atoms with Gasteiger partial charge in [0.1, 0.15) is 0 Å². The van der Waals surface area contributed by atoms with Crippen LogP contribution < -0.4 is 5.73 Å². The molecule has 3 nitrogen and oxygen atoms in total. The number of carbonyl (C=O) groups excluding carboxylic acids is 1. The molecule has 1 heterocycles. The Hall–Kier alpha value is -1.09. The molecule has 0 aliphatic rings. The molecule has 1 amide bonds. The van der Waals surface area contributed by atoms with Crippen LogP contribution in [0.15, 0.2) is 18.5 Å². The first-order valence-corrected chi connectivity index (χ1v) is 3.94. The number of hydrogen-bond donors (Lipinski definition) is 1. The van der Waals surface area contributed by atoms with Gasteiger partial charge in [0.2, 0.25) is 5.91 Å². The summed E-state index contributed by atoms with van der Waals surface area (Å²) in [4.78, 5) is 14.3. The normalized spacial score (nSPS) is 9.75. The summed E-state index contributed by atoms with van der Waals surface area (Å²) >= 11 is 5.79. The van der Waals surface area contributed by atoms with Crippen molar-refractivity contribution in [1.29, 1.82) is 0 Å². The van der Waals surface area contributed by atoms with E-state index in [-0.39, 0.29) is 5.91 Å². The molecule has 12 heavy (non-hydrogen) atoms. The molecule has 4 heteroatoms. The minimum absolute atomic E-state index is 0.317. The van der Waals surface area contributed by atoms with Gasteiger partial charge in [-0.3, -0.25) is 9.78 Å². The number of pyridine rings is 1. The van der Waals surface area contributed by atoms with Crippen LogP contribution in [0.25, 0.3) is 0 Å². The summed E-state index contributed by atoms with van der Waals surface area (Å²) in [6.07, 6.45) is 4.10. The molecule has 0 spiro atoms. The van der Waals surface area contributed by atoms with Gasteiger partial charge in [-0.2, -0.15) is 0 Å². The van der Waals surface area contributed by atoms with Crippen LogP contribution in [0.5, 0.6) is 0 Å². The summed E-state index contributed by atoms with van der Waals surface area (Å²) in [6.45, 7) is 0. The Kier molecular flexibility index (Phi) is 3.05. The predicted molar refractivity (Wildman–Crippen MR) is 46.8 cm³/mol. The number of halogens is 1. The summed E-state index contributed by atoms with van der Waals surface area (Å²) in [7, 11) is 0. The number of primary amides is 1. The standard InChI is InChI=1S/C8H9ClN2O/c9-7-5-11-4-3-6(7)1-2-8(10)12/h3-5H,1-2H2,(H2,10,12). The highest BCUT2D eigenvalue weighted by atomic mass is 35.5. The molecule has 2 N–H and O–H groups in total. The summed E-state index contributed by atoms with van der Waals surface area (Å²) in [5, 5.41) is 0.582. The second kappa shape index (κ2) is 4.07. The van der Waals surface area contributed by atoms with E-state index in [4.69, 9.17) is 17.3 Å². The third-order valence-corrected chi connectivity index (χ3v) is 1.84. The lowest BCUT2D eigenvalue weighted by atomic mass is 10.1. The minimum Gasteiger partial charge on any atom is -0.370 e. The number of aromatic nitrogens is 1. The van der Waals surface area contributed by atoms with Crippen LogP contribution in [0, 0.1) is 0 Å². The fourth-order valence-electron chi connectivity index (χ4n) is 0.865. The number of hydrogen-bond acceptors (Lipinski definition) is 2. The van der Waals surface area contributed by atoms with Crippen molar-refractivity contribution in [2.24, 2.45) is 5.73 Å². The van der Waals surface area contributed by atoms with E-state index in [1.807, 2.05) is 0 Å². The topological polar surface area (TPSA) is 56.0 Å². The summed E-state index contributed by atoms with van der Waals surface area (Å²) in [6, 6.07) is 1.78. The lowest BCUT2D eigenvalue weighted by Crippen LogP contribution is -2.11. The minimum atomic E-state index is -0.317. The van der Waals surface area contributed by atoms with Crippen LogP contribution in [0.2, 0.25) is 5.02 Å². The third-order valence-electron chi connectivity index (χ3n) is 1.50. The van der Waals surface area contributed by atoms with E-state index in [2.05, 4.69) is 4.98 Å². The van der Waals surface area contributed by atoms with Gasteiger partial charge in [-0.05, 0) is 18.1 Å². The Labute approximate surface area is 75.6 Å². The molecule has 0 unspecified atom stereocenters. The predicted octanol–water partition coefficient (Wildman–Crippen LogP) is 1.15. The molecule has 0 fully saturated rings. The van der Waals surface area contributed by atoms with Crippen molar-refractivity contribution < 1.29 is 4.79 Å². The Morgan fingerprint density at radius 1 is 1.67 bits per heavy atom. The van der Waals surface area contributed by atoms with Crippen LogP contribution in [0.4, 0.5) is 0 Å². The third kappa shape index (κ3) is 2.51. The average molecular weight is 185 g/mol. The lowest BCUT2D eigenvalue weighted by molar-refractivity contribution is -0.117. The highest BCUT2D eigenvalue weighted by Crippen LogP contribution is 2.14. The van der Waals surface area contributed by atoms with Gasteiger partial charge in [0, 0.05) is 18.8 Å². The van der Waals surface area contributed by atoms with Crippen LogP contribution in [0.1, 0.15) is 12.0 Å². The molecule has 0 saturated heterocycles. The fraction of sp³-hybridized carbons (Fsp3) is 0.250. The van der Waals surface area contributed by atoms with E-state index in [1.54, 1.807) is 18.5 Å². The maximum absolute atomic E-state index is 10.4. The molecule has 0 saturated carbocycles. The first-order chi connectivity index (χ1) is 5.70. The Morgan fingerprint density at radius 2 is 2.42 bits per heavy atom. The van der Waals surface area contributed by atoms with Gasteiger partial charge in [0.05, 0.1) is 5.02 Å². The molecule has 1 aromatic rings. The van der Waals surface area contributed by atoms with Crippen molar-refractivity contribution in [3.05, 3.63) is 29.0 Å². The molecular formula is C8H9ClN2O. The molecular weight excluding hydrogens is 176 g/mol. The number of aryl methyl sites for hydroxylation is 1. The second-order valence-corrected chi connectivity index (χ2v) is 2.84. The zero-order chi connectivity index (χ0) is 8.97. The molecule has 0 aliphatic heterocycles. The number of rotatable bonds is 3. The van der Waals surface area contributed by atoms with Crippen LogP contribution in [0.3, 0.4) is 0 Å². The van der Waals surface area contributed by atoms with Crippen LogP contribution in [-0.2, 0) is 11.2 Å². The summed E-state index contributed by atoms with van der Waals surface area (Å²) < 4.78 is 0. The highest BCUT2D eigenvalue weighted by molar-refractivity contribution is 6.31. The zero-order valence-corrected chi connectivity index (χ0v) is 7.21. The van der Waals surface area contributed by atoms with E-state index >= 15 is 0 Å². The van der Waals surface area contributed by atoms with E-state index in [0.29, 0.717) is 17.9 Å². The molecule has 0 aliphatic carbocycles. The van der Waals surface area contributed by atoms with Crippen molar-refractivity contribution in [3.8, 4) is 0 Å². The van der Waals surface area contributed by atoms with Crippen molar-refractivity contribution >= 4 is 17.5 Å². The monoisotopic (exact) mass is 184 g/mol. The van der Waals surface area contributed by atoms with Gasteiger partial charge in [-0.25, -0.2) is 0 Å². The van der Waals surface area contributed by atoms with Crippen molar-refractivity contribution in [3.63, 3.8) is 0 Å². The van der Waals surface area contributed by atoms with Crippen LogP contribution >= 0.6 is 11.6 Å². The Bertz CT molecular complexity index is 288. The largest absolute Gasteiger partial charge is 0.370 e. The van der Waals surface area contributed by atoms with Gasteiger partial charge in [-0.15, -0.1) is 0 Å². The maximum atomic E-state index is 10.4. The van der Waals surface area contributed by atoms with Crippen LogP contribution in [-0.4, -0.2) is 10.9 Å². The Balaban J connectivity index is 2.63. The molecule has 0 bridgehead atoms. The first-order valence-electron chi connectivity index (χ1n) is 3.57. The van der Waals surface area contributed by atoms with Crippen molar-refractivity contribution in [2.45, 2.75) is 12.8 Å². The van der Waals surface area contributed by atoms with Gasteiger partial charge >= 0.3 is 0 Å². The van der Waals surface area contributed by atoms with Gasteiger partial charge in [-0.1, -0.05) is 11.6 Å². The second-order valence-electron chi connectivity index (χ2n) is 2.43.